The summed E-state index contributed by atoms with van der Waals surface area (Å²) in [6.45, 7) is 5.66. The molecule has 0 radical (unpaired) electrons. The number of ether oxygens (including phenoxy) is 5. The first-order valence-electron chi connectivity index (χ1n) is 13.0. The largest absolute Gasteiger partial charge is 0.493 e. The van der Waals surface area contributed by atoms with Gasteiger partial charge in [-0.25, -0.2) is 9.79 Å². The Labute approximate surface area is 241 Å². The van der Waals surface area contributed by atoms with Gasteiger partial charge in [0.1, 0.15) is 0 Å². The maximum absolute atomic E-state index is 13.9. The molecular weight excluding hydrogens is 548 g/mol. The van der Waals surface area contributed by atoms with Crippen LogP contribution in [0.4, 0.5) is 0 Å². The summed E-state index contributed by atoms with van der Waals surface area (Å²) < 4.78 is 29.0. The monoisotopic (exact) mass is 580 g/mol. The van der Waals surface area contributed by atoms with E-state index in [1.54, 1.807) is 44.4 Å². The average Bonchev–Trinajstić information content (AvgIpc) is 3.26. The second-order valence-corrected chi connectivity index (χ2v) is 10.2. The molecule has 2 aromatic carbocycles. The van der Waals surface area contributed by atoms with Gasteiger partial charge in [0, 0.05) is 6.92 Å². The third kappa shape index (κ3) is 6.19. The number of hydrogen-bond acceptors (Lipinski definition) is 10. The molecule has 0 saturated carbocycles. The summed E-state index contributed by atoms with van der Waals surface area (Å²) >= 11 is 1.21. The molecule has 1 aliphatic rings. The van der Waals surface area contributed by atoms with Crippen molar-refractivity contribution in [2.75, 3.05) is 27.9 Å². The first kappa shape index (κ1) is 29.6. The van der Waals surface area contributed by atoms with Crippen LogP contribution in [0.25, 0.3) is 6.08 Å². The van der Waals surface area contributed by atoms with Gasteiger partial charge in [0.15, 0.2) is 27.8 Å². The minimum atomic E-state index is -0.856. The molecular formula is C30H32N2O8S. The van der Waals surface area contributed by atoms with Crippen LogP contribution in [0.1, 0.15) is 50.8 Å². The Balaban J connectivity index is 1.86. The predicted molar refractivity (Wildman–Crippen MR) is 153 cm³/mol. The first-order chi connectivity index (χ1) is 19.7. The van der Waals surface area contributed by atoms with Gasteiger partial charge < -0.3 is 23.7 Å². The average molecular weight is 581 g/mol. The van der Waals surface area contributed by atoms with Crippen molar-refractivity contribution < 1.29 is 33.3 Å². The molecule has 1 aliphatic heterocycles. The minimum absolute atomic E-state index is 0.212. The standard InChI is InChI=1S/C30H32N2O8S/c1-7-8-13-39-21-11-9-19(14-23(21)36-4)15-25-28(34)32-27(26(29(35)38-6)17(2)31-30(32)41-25)20-10-12-22(40-18(3)33)24(16-20)37-5/h9-12,14-16,27H,7-8,13H2,1-6H3. The van der Waals surface area contributed by atoms with Crippen LogP contribution >= 0.6 is 11.3 Å². The Kier molecular flexibility index (Phi) is 9.28. The van der Waals surface area contributed by atoms with Crippen LogP contribution in [0, 0.1) is 0 Å². The van der Waals surface area contributed by atoms with Crippen molar-refractivity contribution in [3.8, 4) is 23.0 Å². The van der Waals surface area contributed by atoms with Crippen LogP contribution in [-0.4, -0.2) is 44.4 Å². The summed E-state index contributed by atoms with van der Waals surface area (Å²) in [6, 6.07) is 9.48. The Morgan fingerprint density at radius 3 is 2.39 bits per heavy atom. The topological polar surface area (TPSA) is 115 Å². The molecule has 0 spiro atoms. The fourth-order valence-electron chi connectivity index (χ4n) is 4.47. The normalized spacial score (nSPS) is 14.7. The molecule has 0 fully saturated rings. The third-order valence-corrected chi connectivity index (χ3v) is 7.41. The van der Waals surface area contributed by atoms with E-state index in [1.165, 1.54) is 37.0 Å². The van der Waals surface area contributed by atoms with Crippen LogP contribution in [0.3, 0.4) is 0 Å². The minimum Gasteiger partial charge on any atom is -0.493 e. The number of fused-ring (bicyclic) bond motifs is 1. The predicted octanol–water partition coefficient (Wildman–Crippen LogP) is 3.53. The van der Waals surface area contributed by atoms with E-state index in [0.29, 0.717) is 38.7 Å². The van der Waals surface area contributed by atoms with Gasteiger partial charge in [0.25, 0.3) is 5.56 Å². The zero-order valence-corrected chi connectivity index (χ0v) is 24.6. The van der Waals surface area contributed by atoms with E-state index in [2.05, 4.69) is 11.9 Å². The summed E-state index contributed by atoms with van der Waals surface area (Å²) in [5.74, 6) is 0.553. The van der Waals surface area contributed by atoms with Gasteiger partial charge in [0.2, 0.25) is 0 Å². The first-order valence-corrected chi connectivity index (χ1v) is 13.8. The van der Waals surface area contributed by atoms with Crippen LogP contribution in [0.5, 0.6) is 23.0 Å². The van der Waals surface area contributed by atoms with E-state index in [0.717, 1.165) is 18.4 Å². The van der Waals surface area contributed by atoms with Crippen molar-refractivity contribution in [1.29, 1.82) is 0 Å². The van der Waals surface area contributed by atoms with Crippen molar-refractivity contribution in [2.24, 2.45) is 4.99 Å². The summed E-state index contributed by atoms with van der Waals surface area (Å²) in [5.41, 5.74) is 1.59. The number of allylic oxidation sites excluding steroid dienone is 1. The van der Waals surface area contributed by atoms with Crippen molar-refractivity contribution >= 4 is 29.4 Å². The highest BCUT2D eigenvalue weighted by Gasteiger charge is 2.33. The van der Waals surface area contributed by atoms with Gasteiger partial charge in [-0.3, -0.25) is 14.2 Å². The molecule has 3 aromatic rings. The van der Waals surface area contributed by atoms with Crippen LogP contribution in [0.15, 0.2) is 57.5 Å². The number of methoxy groups -OCH3 is 3. The van der Waals surface area contributed by atoms with E-state index >= 15 is 0 Å². The van der Waals surface area contributed by atoms with Gasteiger partial charge in [-0.2, -0.15) is 0 Å². The molecule has 4 rings (SSSR count). The molecule has 0 saturated heterocycles. The SMILES string of the molecule is CCCCOc1ccc(C=c2sc3n(c2=O)C(c2ccc(OC(C)=O)c(OC)c2)C(C(=O)OC)=C(C)N=3)cc1OC. The second-order valence-electron chi connectivity index (χ2n) is 9.19. The van der Waals surface area contributed by atoms with Crippen molar-refractivity contribution in [3.05, 3.63) is 78.5 Å². The lowest BCUT2D eigenvalue weighted by atomic mass is 9.95. The number of unbranched alkanes of at least 4 members (excludes halogenated alkanes) is 1. The van der Waals surface area contributed by atoms with E-state index in [1.807, 2.05) is 12.1 Å². The second kappa shape index (κ2) is 12.9. The summed E-state index contributed by atoms with van der Waals surface area (Å²) in [5, 5.41) is 0. The van der Waals surface area contributed by atoms with Gasteiger partial charge >= 0.3 is 11.9 Å². The van der Waals surface area contributed by atoms with Crippen molar-refractivity contribution in [3.63, 3.8) is 0 Å². The zero-order chi connectivity index (χ0) is 29.7. The smallest absolute Gasteiger partial charge is 0.338 e. The highest BCUT2D eigenvalue weighted by atomic mass is 32.1. The lowest BCUT2D eigenvalue weighted by Gasteiger charge is -2.25. The summed E-state index contributed by atoms with van der Waals surface area (Å²) in [7, 11) is 4.28. The number of nitrogens with zero attached hydrogens (tertiary/aromatic N) is 2. The molecule has 41 heavy (non-hydrogen) atoms. The lowest BCUT2D eigenvalue weighted by molar-refractivity contribution is -0.136. The number of carbonyl (C=O) groups is 2. The van der Waals surface area contributed by atoms with E-state index in [-0.39, 0.29) is 22.6 Å². The highest BCUT2D eigenvalue weighted by molar-refractivity contribution is 7.07. The molecule has 2 heterocycles. The Hall–Kier alpha value is -4.38. The Morgan fingerprint density at radius 1 is 1.02 bits per heavy atom. The van der Waals surface area contributed by atoms with Gasteiger partial charge in [-0.15, -0.1) is 0 Å². The van der Waals surface area contributed by atoms with Crippen LogP contribution in [0.2, 0.25) is 0 Å². The lowest BCUT2D eigenvalue weighted by Crippen LogP contribution is -2.39. The van der Waals surface area contributed by atoms with Gasteiger partial charge in [-0.05, 0) is 54.8 Å². The van der Waals surface area contributed by atoms with E-state index in [4.69, 9.17) is 23.7 Å². The Morgan fingerprint density at radius 2 is 1.73 bits per heavy atom. The molecule has 0 N–H and O–H groups in total. The number of esters is 2. The molecule has 1 atom stereocenters. The molecule has 0 bridgehead atoms. The number of hydrogen-bond donors (Lipinski definition) is 0. The number of aromatic nitrogens is 1. The van der Waals surface area contributed by atoms with Crippen molar-refractivity contribution in [2.45, 2.75) is 39.7 Å². The van der Waals surface area contributed by atoms with Crippen LogP contribution in [-0.2, 0) is 14.3 Å². The quantitative estimate of drug-likeness (QED) is 0.203. The molecule has 0 amide bonds. The van der Waals surface area contributed by atoms with E-state index < -0.39 is 18.0 Å². The zero-order valence-electron chi connectivity index (χ0n) is 23.8. The number of benzene rings is 2. The molecule has 1 unspecified atom stereocenters. The summed E-state index contributed by atoms with van der Waals surface area (Å²) in [6.07, 6.45) is 3.70. The van der Waals surface area contributed by atoms with E-state index in [9.17, 15) is 14.4 Å². The Bertz CT molecular complexity index is 1690. The fourth-order valence-corrected chi connectivity index (χ4v) is 5.52. The number of rotatable bonds is 10. The maximum Gasteiger partial charge on any atom is 0.338 e. The molecule has 0 aliphatic carbocycles. The fraction of sp³-hybridized carbons (Fsp3) is 0.333. The van der Waals surface area contributed by atoms with Crippen LogP contribution < -0.4 is 33.8 Å². The van der Waals surface area contributed by atoms with Crippen molar-refractivity contribution in [1.82, 2.24) is 4.57 Å². The van der Waals surface area contributed by atoms with Gasteiger partial charge in [0.05, 0.1) is 49.8 Å². The molecule has 10 nitrogen and oxygen atoms in total. The molecule has 1 aromatic heterocycles. The molecule has 11 heteroatoms. The highest BCUT2D eigenvalue weighted by Crippen LogP contribution is 2.36. The molecule has 216 valence electrons. The number of thiazole rings is 1. The third-order valence-electron chi connectivity index (χ3n) is 6.43. The maximum atomic E-state index is 13.9. The van der Waals surface area contributed by atoms with Gasteiger partial charge in [-0.1, -0.05) is 36.8 Å². The number of carbonyl (C=O) groups excluding carboxylic acids is 2. The summed E-state index contributed by atoms with van der Waals surface area (Å²) in [4.78, 5) is 43.4.